The van der Waals surface area contributed by atoms with Gasteiger partial charge in [-0.15, -0.1) is 0 Å². The molecule has 0 spiro atoms. The van der Waals surface area contributed by atoms with Crippen molar-refractivity contribution >= 4 is 23.2 Å². The number of imidazole rings is 1. The molecule has 0 bridgehead atoms. The van der Waals surface area contributed by atoms with Crippen LogP contribution in [0.2, 0.25) is 0 Å². The van der Waals surface area contributed by atoms with Crippen LogP contribution in [-0.4, -0.2) is 26.2 Å². The molecule has 0 saturated carbocycles. The molecule has 0 saturated heterocycles. The molecular weight excluding hydrogens is 294 g/mol. The number of amides is 1. The zero-order valence-corrected chi connectivity index (χ0v) is 12.7. The summed E-state index contributed by atoms with van der Waals surface area (Å²) in [6.07, 6.45) is 4.63. The zero-order chi connectivity index (χ0) is 16.4. The Labute approximate surface area is 131 Å². The SMILES string of the molecule is Cn1c(=O)n(C)c2cc(/C=N/NC(=O)c3ccncc3)ccc21. The number of hydrogen-bond donors (Lipinski definition) is 1. The standard InChI is InChI=1S/C16H15N5O2/c1-20-13-4-3-11(9-14(13)21(2)16(20)23)10-18-19-15(22)12-5-7-17-8-6-12/h3-10H,1-2H3,(H,19,22)/b18-10+. The summed E-state index contributed by atoms with van der Waals surface area (Å²) in [6.45, 7) is 0. The zero-order valence-electron chi connectivity index (χ0n) is 12.7. The topological polar surface area (TPSA) is 81.3 Å². The fourth-order valence-corrected chi connectivity index (χ4v) is 2.34. The molecule has 1 aromatic carbocycles. The van der Waals surface area contributed by atoms with Gasteiger partial charge in [-0.25, -0.2) is 10.2 Å². The molecule has 116 valence electrons. The Bertz CT molecular complexity index is 954. The van der Waals surface area contributed by atoms with Crippen LogP contribution in [0, 0.1) is 0 Å². The third-order valence-corrected chi connectivity index (χ3v) is 3.62. The highest BCUT2D eigenvalue weighted by Gasteiger charge is 2.07. The first kappa shape index (κ1) is 14.7. The maximum absolute atomic E-state index is 11.9. The van der Waals surface area contributed by atoms with E-state index in [2.05, 4.69) is 15.5 Å². The molecule has 0 unspecified atom stereocenters. The van der Waals surface area contributed by atoms with Crippen molar-refractivity contribution in [1.82, 2.24) is 19.5 Å². The summed E-state index contributed by atoms with van der Waals surface area (Å²) in [6, 6.07) is 8.75. The van der Waals surface area contributed by atoms with E-state index in [0.29, 0.717) is 5.56 Å². The molecule has 2 aromatic heterocycles. The van der Waals surface area contributed by atoms with Crippen LogP contribution < -0.4 is 11.1 Å². The van der Waals surface area contributed by atoms with Crippen molar-refractivity contribution in [2.75, 3.05) is 0 Å². The molecule has 7 heteroatoms. The predicted octanol–water partition coefficient (Wildman–Crippen LogP) is 1.04. The van der Waals surface area contributed by atoms with Gasteiger partial charge in [0.1, 0.15) is 0 Å². The van der Waals surface area contributed by atoms with Crippen LogP contribution in [0.25, 0.3) is 11.0 Å². The molecule has 7 nitrogen and oxygen atoms in total. The van der Waals surface area contributed by atoms with Crippen LogP contribution in [0.4, 0.5) is 0 Å². The maximum atomic E-state index is 11.9. The van der Waals surface area contributed by atoms with Gasteiger partial charge in [0.05, 0.1) is 17.2 Å². The summed E-state index contributed by atoms with van der Waals surface area (Å²) in [5.74, 6) is -0.308. The molecule has 1 amide bonds. The van der Waals surface area contributed by atoms with Gasteiger partial charge in [0.2, 0.25) is 0 Å². The summed E-state index contributed by atoms with van der Waals surface area (Å²) in [7, 11) is 3.45. The Morgan fingerprint density at radius 2 is 1.83 bits per heavy atom. The monoisotopic (exact) mass is 309 g/mol. The fraction of sp³-hybridized carbons (Fsp3) is 0.125. The van der Waals surface area contributed by atoms with Gasteiger partial charge < -0.3 is 0 Å². The molecule has 2 heterocycles. The Morgan fingerprint density at radius 1 is 1.13 bits per heavy atom. The van der Waals surface area contributed by atoms with Crippen molar-refractivity contribution in [3.63, 3.8) is 0 Å². The maximum Gasteiger partial charge on any atom is 0.328 e. The van der Waals surface area contributed by atoms with Gasteiger partial charge in [-0.1, -0.05) is 6.07 Å². The number of hydrazone groups is 1. The highest BCUT2D eigenvalue weighted by atomic mass is 16.2. The number of benzene rings is 1. The molecule has 23 heavy (non-hydrogen) atoms. The van der Waals surface area contributed by atoms with Crippen LogP contribution in [0.1, 0.15) is 15.9 Å². The van der Waals surface area contributed by atoms with E-state index in [1.807, 2.05) is 18.2 Å². The number of aromatic nitrogens is 3. The van der Waals surface area contributed by atoms with Crippen molar-refractivity contribution in [2.45, 2.75) is 0 Å². The molecule has 1 N–H and O–H groups in total. The summed E-state index contributed by atoms with van der Waals surface area (Å²) in [5, 5.41) is 3.94. The number of pyridine rings is 1. The van der Waals surface area contributed by atoms with Gasteiger partial charge in [0.25, 0.3) is 5.91 Å². The summed E-state index contributed by atoms with van der Waals surface area (Å²) < 4.78 is 3.16. The Balaban J connectivity index is 1.80. The average Bonchev–Trinajstić information content (AvgIpc) is 2.80. The van der Waals surface area contributed by atoms with Gasteiger partial charge in [0, 0.05) is 32.1 Å². The summed E-state index contributed by atoms with van der Waals surface area (Å²) in [5.41, 5.74) is 5.29. The van der Waals surface area contributed by atoms with Gasteiger partial charge in [-0.2, -0.15) is 5.10 Å². The quantitative estimate of drug-likeness (QED) is 0.579. The van der Waals surface area contributed by atoms with Crippen molar-refractivity contribution in [1.29, 1.82) is 0 Å². The first-order chi connectivity index (χ1) is 11.1. The molecule has 3 rings (SSSR count). The second-order valence-corrected chi connectivity index (χ2v) is 5.08. The number of hydrogen-bond acceptors (Lipinski definition) is 4. The first-order valence-electron chi connectivity index (χ1n) is 6.97. The van der Waals surface area contributed by atoms with E-state index in [9.17, 15) is 9.59 Å². The van der Waals surface area contributed by atoms with Gasteiger partial charge in [0.15, 0.2) is 0 Å². The highest BCUT2D eigenvalue weighted by Crippen LogP contribution is 2.12. The van der Waals surface area contributed by atoms with Gasteiger partial charge in [-0.05, 0) is 29.8 Å². The Morgan fingerprint density at radius 3 is 2.57 bits per heavy atom. The third-order valence-electron chi connectivity index (χ3n) is 3.62. The van der Waals surface area contributed by atoms with Crippen LogP contribution in [0.15, 0.2) is 52.6 Å². The van der Waals surface area contributed by atoms with E-state index in [1.54, 1.807) is 47.8 Å². The number of nitrogens with zero attached hydrogens (tertiary/aromatic N) is 4. The van der Waals surface area contributed by atoms with E-state index < -0.39 is 0 Å². The normalized spacial score (nSPS) is 11.2. The summed E-state index contributed by atoms with van der Waals surface area (Å²) >= 11 is 0. The molecule has 0 radical (unpaired) electrons. The smallest absolute Gasteiger partial charge is 0.295 e. The van der Waals surface area contributed by atoms with E-state index in [1.165, 1.54) is 6.21 Å². The second kappa shape index (κ2) is 5.88. The molecule has 0 aliphatic heterocycles. The number of nitrogens with one attached hydrogen (secondary N) is 1. The lowest BCUT2D eigenvalue weighted by atomic mass is 10.2. The van der Waals surface area contributed by atoms with E-state index in [0.717, 1.165) is 16.6 Å². The lowest BCUT2D eigenvalue weighted by Gasteiger charge is -1.99. The van der Waals surface area contributed by atoms with Crippen molar-refractivity contribution in [2.24, 2.45) is 19.2 Å². The van der Waals surface area contributed by atoms with E-state index in [4.69, 9.17) is 0 Å². The van der Waals surface area contributed by atoms with Crippen LogP contribution >= 0.6 is 0 Å². The molecule has 0 aliphatic rings. The number of aryl methyl sites for hydroxylation is 2. The highest BCUT2D eigenvalue weighted by molar-refractivity contribution is 5.95. The van der Waals surface area contributed by atoms with Crippen molar-refractivity contribution < 1.29 is 4.79 Å². The van der Waals surface area contributed by atoms with Crippen LogP contribution in [0.5, 0.6) is 0 Å². The first-order valence-corrected chi connectivity index (χ1v) is 6.97. The Kier molecular flexibility index (Phi) is 3.76. The molecule has 0 atom stereocenters. The molecule has 0 fully saturated rings. The second-order valence-electron chi connectivity index (χ2n) is 5.08. The van der Waals surface area contributed by atoms with E-state index in [-0.39, 0.29) is 11.6 Å². The minimum absolute atomic E-state index is 0.0833. The van der Waals surface area contributed by atoms with Crippen molar-refractivity contribution in [3.8, 4) is 0 Å². The number of carbonyl (C=O) groups is 1. The molecule has 3 aromatic rings. The fourth-order valence-electron chi connectivity index (χ4n) is 2.34. The summed E-state index contributed by atoms with van der Waals surface area (Å²) in [4.78, 5) is 27.6. The van der Waals surface area contributed by atoms with Crippen molar-refractivity contribution in [3.05, 3.63) is 64.3 Å². The predicted molar refractivity (Wildman–Crippen MR) is 87.5 cm³/mol. The average molecular weight is 309 g/mol. The molecule has 0 aliphatic carbocycles. The van der Waals surface area contributed by atoms with Crippen LogP contribution in [0.3, 0.4) is 0 Å². The van der Waals surface area contributed by atoms with Crippen LogP contribution in [-0.2, 0) is 14.1 Å². The lowest BCUT2D eigenvalue weighted by Crippen LogP contribution is -2.19. The third kappa shape index (κ3) is 2.76. The Hall–Kier alpha value is -3.22. The number of fused-ring (bicyclic) bond motifs is 1. The van der Waals surface area contributed by atoms with Gasteiger partial charge in [-0.3, -0.25) is 18.9 Å². The minimum atomic E-state index is -0.308. The van der Waals surface area contributed by atoms with Gasteiger partial charge >= 0.3 is 5.69 Å². The minimum Gasteiger partial charge on any atom is -0.295 e. The lowest BCUT2D eigenvalue weighted by molar-refractivity contribution is 0.0955. The molecular formula is C16H15N5O2. The largest absolute Gasteiger partial charge is 0.328 e. The number of rotatable bonds is 3. The number of carbonyl (C=O) groups excluding carboxylic acids is 1. The van der Waals surface area contributed by atoms with E-state index >= 15 is 0 Å².